The van der Waals surface area contributed by atoms with E-state index < -0.39 is 0 Å². The molecule has 6 nitrogen and oxygen atoms in total. The molecular formula is C21H29N3O3S. The summed E-state index contributed by atoms with van der Waals surface area (Å²) in [5, 5.41) is 0. The summed E-state index contributed by atoms with van der Waals surface area (Å²) in [6.45, 7) is 1.28. The van der Waals surface area contributed by atoms with Gasteiger partial charge in [-0.25, -0.2) is 0 Å². The van der Waals surface area contributed by atoms with Crippen molar-refractivity contribution < 1.29 is 14.4 Å². The first-order chi connectivity index (χ1) is 13.6. The summed E-state index contributed by atoms with van der Waals surface area (Å²) in [7, 11) is 0. The summed E-state index contributed by atoms with van der Waals surface area (Å²) in [6.07, 6.45) is 10.3. The van der Waals surface area contributed by atoms with Crippen molar-refractivity contribution in [1.29, 1.82) is 0 Å². The molecule has 2 fully saturated rings. The van der Waals surface area contributed by atoms with Gasteiger partial charge in [0.15, 0.2) is 0 Å². The smallest absolute Gasteiger partial charge is 0.279 e. The molecule has 1 saturated heterocycles. The van der Waals surface area contributed by atoms with Gasteiger partial charge in [0.1, 0.15) is 0 Å². The lowest BCUT2D eigenvalue weighted by Crippen LogP contribution is -2.48. The van der Waals surface area contributed by atoms with Crippen LogP contribution >= 0.6 is 11.3 Å². The van der Waals surface area contributed by atoms with Crippen LogP contribution in [0.2, 0.25) is 0 Å². The van der Waals surface area contributed by atoms with E-state index in [9.17, 15) is 14.4 Å². The highest BCUT2D eigenvalue weighted by atomic mass is 32.1. The van der Waals surface area contributed by atoms with Gasteiger partial charge in [-0.2, -0.15) is 0 Å². The Morgan fingerprint density at radius 1 is 0.893 bits per heavy atom. The molecule has 1 aromatic heterocycles. The fourth-order valence-corrected chi connectivity index (χ4v) is 5.34. The van der Waals surface area contributed by atoms with Crippen molar-refractivity contribution in [2.45, 2.75) is 64.2 Å². The molecule has 0 spiro atoms. The summed E-state index contributed by atoms with van der Waals surface area (Å²) < 4.78 is 0. The number of hydrogen-bond acceptors (Lipinski definition) is 4. The quantitative estimate of drug-likeness (QED) is 0.762. The summed E-state index contributed by atoms with van der Waals surface area (Å²) in [6, 6.07) is 1.99. The minimum absolute atomic E-state index is 0.146. The Morgan fingerprint density at radius 2 is 1.61 bits per heavy atom. The Balaban J connectivity index is 1.25. The summed E-state index contributed by atoms with van der Waals surface area (Å²) in [5.41, 5.74) is 6.49. The molecule has 1 saturated carbocycles. The fraction of sp³-hybridized carbons (Fsp3) is 0.667. The SMILES string of the molecule is O=C(NNC(=O)C1CCN(C(=O)C2CC2)CC1)c1cc2c(s1)CCCCCC2. The van der Waals surface area contributed by atoms with Gasteiger partial charge < -0.3 is 4.90 Å². The highest BCUT2D eigenvalue weighted by Gasteiger charge is 2.36. The lowest BCUT2D eigenvalue weighted by atomic mass is 9.96. The number of nitrogens with zero attached hydrogens (tertiary/aromatic N) is 1. The van der Waals surface area contributed by atoms with Gasteiger partial charge >= 0.3 is 0 Å². The number of hydrazine groups is 1. The van der Waals surface area contributed by atoms with Crippen LogP contribution in [0, 0.1) is 11.8 Å². The maximum atomic E-state index is 12.5. The second kappa shape index (κ2) is 8.64. The largest absolute Gasteiger partial charge is 0.342 e. The number of piperidine rings is 1. The zero-order chi connectivity index (χ0) is 19.5. The second-order valence-electron chi connectivity index (χ2n) is 8.29. The van der Waals surface area contributed by atoms with Crippen molar-refractivity contribution >= 4 is 29.1 Å². The van der Waals surface area contributed by atoms with Crippen LogP contribution in [0.1, 0.15) is 71.5 Å². The fourth-order valence-electron chi connectivity index (χ4n) is 4.19. The average Bonchev–Trinajstić information content (AvgIpc) is 3.47. The number of rotatable bonds is 3. The first-order valence-corrected chi connectivity index (χ1v) is 11.4. The average molecular weight is 404 g/mol. The molecule has 3 amide bonds. The normalized spacial score (nSPS) is 20.6. The molecular weight excluding hydrogens is 374 g/mol. The second-order valence-corrected chi connectivity index (χ2v) is 9.43. The number of hydrogen-bond donors (Lipinski definition) is 2. The molecule has 0 aromatic carbocycles. The highest BCUT2D eigenvalue weighted by molar-refractivity contribution is 7.14. The first-order valence-electron chi connectivity index (χ1n) is 10.6. The van der Waals surface area contributed by atoms with E-state index in [1.165, 1.54) is 36.1 Å². The van der Waals surface area contributed by atoms with Gasteiger partial charge in [-0.15, -0.1) is 11.3 Å². The standard InChI is InChI=1S/C21H29N3O3S/c25-19(14-9-11-24(12-10-14)21(27)15-7-8-15)22-23-20(26)18-13-16-5-3-1-2-4-6-17(16)28-18/h13-15H,1-12H2,(H,22,25)(H,23,26). The molecule has 0 radical (unpaired) electrons. The number of nitrogens with one attached hydrogen (secondary N) is 2. The maximum Gasteiger partial charge on any atom is 0.279 e. The van der Waals surface area contributed by atoms with Crippen molar-refractivity contribution in [1.82, 2.24) is 15.8 Å². The lowest BCUT2D eigenvalue weighted by molar-refractivity contribution is -0.136. The minimum Gasteiger partial charge on any atom is -0.342 e. The zero-order valence-electron chi connectivity index (χ0n) is 16.3. The third-order valence-electron chi connectivity index (χ3n) is 6.12. The minimum atomic E-state index is -0.230. The van der Waals surface area contributed by atoms with Crippen LogP contribution in [0.5, 0.6) is 0 Å². The molecule has 0 bridgehead atoms. The molecule has 0 unspecified atom stereocenters. The van der Waals surface area contributed by atoms with Crippen molar-refractivity contribution in [3.8, 4) is 0 Å². The third kappa shape index (κ3) is 4.57. The number of carbonyl (C=O) groups is 3. The van der Waals surface area contributed by atoms with E-state index in [1.807, 2.05) is 11.0 Å². The van der Waals surface area contributed by atoms with Crippen molar-refractivity contribution in [2.75, 3.05) is 13.1 Å². The van der Waals surface area contributed by atoms with Crippen LogP contribution in [0.3, 0.4) is 0 Å². The van der Waals surface area contributed by atoms with Gasteiger partial charge in [-0.3, -0.25) is 25.2 Å². The first kappa shape index (κ1) is 19.4. The van der Waals surface area contributed by atoms with E-state index in [-0.39, 0.29) is 29.6 Å². The zero-order valence-corrected chi connectivity index (χ0v) is 17.1. The summed E-state index contributed by atoms with van der Waals surface area (Å²) in [4.78, 5) is 40.9. The van der Waals surface area contributed by atoms with Gasteiger partial charge in [0.2, 0.25) is 11.8 Å². The van der Waals surface area contributed by atoms with Gasteiger partial charge in [-0.1, -0.05) is 12.8 Å². The van der Waals surface area contributed by atoms with Gasteiger partial charge in [0.25, 0.3) is 5.91 Å². The van der Waals surface area contributed by atoms with Gasteiger partial charge in [0, 0.05) is 29.8 Å². The van der Waals surface area contributed by atoms with Crippen LogP contribution in [0.4, 0.5) is 0 Å². The van der Waals surface area contributed by atoms with Crippen molar-refractivity contribution in [2.24, 2.45) is 11.8 Å². The van der Waals surface area contributed by atoms with E-state index >= 15 is 0 Å². The number of likely N-dealkylation sites (tertiary alicyclic amines) is 1. The van der Waals surface area contributed by atoms with Crippen LogP contribution in [0.25, 0.3) is 0 Å². The molecule has 3 aliphatic rings. The molecule has 28 heavy (non-hydrogen) atoms. The van der Waals surface area contributed by atoms with E-state index in [4.69, 9.17) is 0 Å². The molecule has 7 heteroatoms. The molecule has 1 aromatic rings. The Hall–Kier alpha value is -1.89. The summed E-state index contributed by atoms with van der Waals surface area (Å²) in [5.74, 6) is -0.0457. The van der Waals surface area contributed by atoms with Crippen LogP contribution in [-0.4, -0.2) is 35.7 Å². The van der Waals surface area contributed by atoms with Gasteiger partial charge in [-0.05, 0) is 63.0 Å². The lowest BCUT2D eigenvalue weighted by Gasteiger charge is -2.31. The molecule has 1 aliphatic heterocycles. The molecule has 2 aliphatic carbocycles. The predicted octanol–water partition coefficient (Wildman–Crippen LogP) is 2.82. The Kier molecular flexibility index (Phi) is 5.99. The summed E-state index contributed by atoms with van der Waals surface area (Å²) >= 11 is 1.56. The van der Waals surface area contributed by atoms with Crippen LogP contribution in [-0.2, 0) is 22.4 Å². The van der Waals surface area contributed by atoms with Crippen LogP contribution in [0.15, 0.2) is 6.07 Å². The molecule has 4 rings (SSSR count). The van der Waals surface area contributed by atoms with E-state index in [0.717, 1.165) is 25.7 Å². The van der Waals surface area contributed by atoms with Crippen molar-refractivity contribution in [3.05, 3.63) is 21.4 Å². The predicted molar refractivity (Wildman–Crippen MR) is 108 cm³/mol. The number of fused-ring (bicyclic) bond motifs is 1. The molecule has 0 atom stereocenters. The number of amides is 3. The Labute approximate surface area is 170 Å². The van der Waals surface area contributed by atoms with Gasteiger partial charge in [0.05, 0.1) is 4.88 Å². The molecule has 2 N–H and O–H groups in total. The number of aryl methyl sites for hydroxylation is 2. The third-order valence-corrected chi connectivity index (χ3v) is 7.36. The van der Waals surface area contributed by atoms with E-state index in [0.29, 0.717) is 30.8 Å². The number of carbonyl (C=O) groups excluding carboxylic acids is 3. The van der Waals surface area contributed by atoms with E-state index in [1.54, 1.807) is 11.3 Å². The molecule has 2 heterocycles. The Bertz CT molecular complexity index is 723. The van der Waals surface area contributed by atoms with E-state index in [2.05, 4.69) is 10.9 Å². The van der Waals surface area contributed by atoms with Crippen LogP contribution < -0.4 is 10.9 Å². The van der Waals surface area contributed by atoms with Crippen molar-refractivity contribution in [3.63, 3.8) is 0 Å². The monoisotopic (exact) mass is 403 g/mol. The maximum absolute atomic E-state index is 12.5. The number of thiophene rings is 1. The highest BCUT2D eigenvalue weighted by Crippen LogP contribution is 2.32. The topological polar surface area (TPSA) is 78.5 Å². The molecule has 152 valence electrons. The Morgan fingerprint density at radius 3 is 2.32 bits per heavy atom.